The first-order valence-electron chi connectivity index (χ1n) is 3.94. The van der Waals surface area contributed by atoms with Gasteiger partial charge in [-0.1, -0.05) is 11.6 Å². The summed E-state index contributed by atoms with van der Waals surface area (Å²) in [6.45, 7) is -0.563. The number of hydrogen-bond donors (Lipinski definition) is 4. The number of aliphatic hydroxyl groups is 3. The molecule has 0 saturated carbocycles. The van der Waals surface area contributed by atoms with E-state index in [-0.39, 0.29) is 10.7 Å². The molecule has 1 heterocycles. The molecule has 0 saturated heterocycles. The number of aromatic nitrogens is 1. The molecule has 14 heavy (non-hydrogen) atoms. The van der Waals surface area contributed by atoms with Gasteiger partial charge in [0.2, 0.25) is 0 Å². The topological polar surface area (TPSA) is 99.6 Å². The zero-order chi connectivity index (χ0) is 10.7. The number of halogens is 1. The van der Waals surface area contributed by atoms with Crippen molar-refractivity contribution in [3.8, 4) is 0 Å². The summed E-state index contributed by atoms with van der Waals surface area (Å²) in [7, 11) is 0. The van der Waals surface area contributed by atoms with Crippen LogP contribution in [0.4, 0.5) is 5.69 Å². The molecule has 78 valence electrons. The molecule has 5 N–H and O–H groups in total. The van der Waals surface area contributed by atoms with E-state index in [9.17, 15) is 5.11 Å². The highest BCUT2D eigenvalue weighted by Crippen LogP contribution is 2.25. The van der Waals surface area contributed by atoms with E-state index in [1.54, 1.807) is 0 Å². The largest absolute Gasteiger partial charge is 0.397 e. The van der Waals surface area contributed by atoms with Gasteiger partial charge in [-0.3, -0.25) is 0 Å². The Balaban J connectivity index is 2.99. The van der Waals surface area contributed by atoms with E-state index >= 15 is 0 Å². The Morgan fingerprint density at radius 2 is 2.14 bits per heavy atom. The van der Waals surface area contributed by atoms with Crippen molar-refractivity contribution in [2.24, 2.45) is 0 Å². The number of pyridine rings is 1. The van der Waals surface area contributed by atoms with Crippen molar-refractivity contribution in [3.05, 3.63) is 23.0 Å². The number of aliphatic hydroxyl groups excluding tert-OH is 3. The molecule has 1 aromatic heterocycles. The second-order valence-electron chi connectivity index (χ2n) is 2.84. The summed E-state index contributed by atoms with van der Waals surface area (Å²) in [6, 6.07) is 1.40. The second-order valence-corrected chi connectivity index (χ2v) is 3.20. The van der Waals surface area contributed by atoms with Gasteiger partial charge in [-0.25, -0.2) is 4.98 Å². The van der Waals surface area contributed by atoms with Crippen LogP contribution in [0.5, 0.6) is 0 Å². The number of hydrogen-bond acceptors (Lipinski definition) is 5. The van der Waals surface area contributed by atoms with E-state index in [1.165, 1.54) is 12.3 Å². The zero-order valence-electron chi connectivity index (χ0n) is 7.26. The van der Waals surface area contributed by atoms with Crippen molar-refractivity contribution in [1.29, 1.82) is 0 Å². The Bertz CT molecular complexity index is 321. The molecule has 2 atom stereocenters. The SMILES string of the molecule is Nc1cnc(Cl)c(C(O)C(O)CO)c1. The predicted molar refractivity (Wildman–Crippen MR) is 51.7 cm³/mol. The van der Waals surface area contributed by atoms with Crippen LogP contribution in [-0.4, -0.2) is 33.0 Å². The fourth-order valence-electron chi connectivity index (χ4n) is 0.997. The average molecular weight is 219 g/mol. The molecular formula is C8H11ClN2O3. The van der Waals surface area contributed by atoms with Gasteiger partial charge in [-0.2, -0.15) is 0 Å². The monoisotopic (exact) mass is 218 g/mol. The lowest BCUT2D eigenvalue weighted by atomic mass is 10.1. The quantitative estimate of drug-likeness (QED) is 0.523. The van der Waals surface area contributed by atoms with Gasteiger partial charge < -0.3 is 21.1 Å². The molecule has 2 unspecified atom stereocenters. The van der Waals surface area contributed by atoms with Crippen LogP contribution in [-0.2, 0) is 0 Å². The number of anilines is 1. The Labute approximate surface area is 85.8 Å². The van der Waals surface area contributed by atoms with Crippen molar-refractivity contribution >= 4 is 17.3 Å². The van der Waals surface area contributed by atoms with Crippen LogP contribution in [0.3, 0.4) is 0 Å². The highest BCUT2D eigenvalue weighted by atomic mass is 35.5. The molecule has 1 rings (SSSR count). The van der Waals surface area contributed by atoms with Gasteiger partial charge in [0.15, 0.2) is 0 Å². The standard InChI is InChI=1S/C8H11ClN2O3/c9-8-5(1-4(10)2-11-8)7(14)6(13)3-12/h1-2,6-7,12-14H,3,10H2. The summed E-state index contributed by atoms with van der Waals surface area (Å²) in [5.74, 6) is 0. The summed E-state index contributed by atoms with van der Waals surface area (Å²) in [4.78, 5) is 3.70. The summed E-state index contributed by atoms with van der Waals surface area (Å²) >= 11 is 5.67. The lowest BCUT2D eigenvalue weighted by Crippen LogP contribution is -2.22. The highest BCUT2D eigenvalue weighted by molar-refractivity contribution is 6.30. The van der Waals surface area contributed by atoms with Gasteiger partial charge in [0.05, 0.1) is 18.5 Å². The second kappa shape index (κ2) is 4.56. The minimum Gasteiger partial charge on any atom is -0.397 e. The van der Waals surface area contributed by atoms with Crippen LogP contribution >= 0.6 is 11.6 Å². The molecule has 0 aliphatic heterocycles. The van der Waals surface area contributed by atoms with E-state index in [1.807, 2.05) is 0 Å². The Kier molecular flexibility index (Phi) is 3.65. The summed E-state index contributed by atoms with van der Waals surface area (Å²) in [6.07, 6.45) is -1.25. The molecule has 5 nitrogen and oxygen atoms in total. The van der Waals surface area contributed by atoms with Crippen LogP contribution < -0.4 is 5.73 Å². The van der Waals surface area contributed by atoms with Gasteiger partial charge in [-0.15, -0.1) is 0 Å². The van der Waals surface area contributed by atoms with Crippen molar-refractivity contribution in [3.63, 3.8) is 0 Å². The van der Waals surface area contributed by atoms with Crippen LogP contribution in [0, 0.1) is 0 Å². The summed E-state index contributed by atoms with van der Waals surface area (Å²) < 4.78 is 0. The molecule has 1 aromatic rings. The minimum absolute atomic E-state index is 0.0548. The lowest BCUT2D eigenvalue weighted by Gasteiger charge is -2.16. The molecule has 0 bridgehead atoms. The van der Waals surface area contributed by atoms with Gasteiger partial charge in [-0.05, 0) is 6.07 Å². The molecule has 0 amide bonds. The molecule has 0 radical (unpaired) electrons. The van der Waals surface area contributed by atoms with Crippen LogP contribution in [0.25, 0.3) is 0 Å². The van der Waals surface area contributed by atoms with E-state index in [4.69, 9.17) is 27.5 Å². The molecule has 0 aliphatic rings. The molecule has 0 fully saturated rings. The third-order valence-corrected chi connectivity index (χ3v) is 2.07. The van der Waals surface area contributed by atoms with Gasteiger partial charge in [0.25, 0.3) is 0 Å². The first kappa shape index (κ1) is 11.2. The number of nitrogens with two attached hydrogens (primary N) is 1. The fourth-order valence-corrected chi connectivity index (χ4v) is 1.21. The van der Waals surface area contributed by atoms with Crippen molar-refractivity contribution in [2.75, 3.05) is 12.3 Å². The van der Waals surface area contributed by atoms with E-state index in [2.05, 4.69) is 4.98 Å². The predicted octanol–water partition coefficient (Wildman–Crippen LogP) is -0.296. The average Bonchev–Trinajstić information content (AvgIpc) is 2.19. The fraction of sp³-hybridized carbons (Fsp3) is 0.375. The molecule has 0 spiro atoms. The van der Waals surface area contributed by atoms with Crippen LogP contribution in [0.1, 0.15) is 11.7 Å². The number of nitrogen functional groups attached to an aromatic ring is 1. The Morgan fingerprint density at radius 3 is 2.71 bits per heavy atom. The maximum atomic E-state index is 9.50. The summed E-state index contributed by atoms with van der Waals surface area (Å²) in [5, 5.41) is 27.3. The molecule has 0 aromatic carbocycles. The number of nitrogens with zero attached hydrogens (tertiary/aromatic N) is 1. The van der Waals surface area contributed by atoms with Gasteiger partial charge in [0.1, 0.15) is 17.4 Å². The normalized spacial score (nSPS) is 15.1. The minimum atomic E-state index is -1.30. The van der Waals surface area contributed by atoms with Crippen LogP contribution in [0.2, 0.25) is 5.15 Å². The van der Waals surface area contributed by atoms with E-state index in [0.717, 1.165) is 0 Å². The molecule has 0 aliphatic carbocycles. The lowest BCUT2D eigenvalue weighted by molar-refractivity contribution is -0.0153. The molecule has 6 heteroatoms. The maximum absolute atomic E-state index is 9.50. The third-order valence-electron chi connectivity index (χ3n) is 1.76. The van der Waals surface area contributed by atoms with Crippen molar-refractivity contribution in [2.45, 2.75) is 12.2 Å². The highest BCUT2D eigenvalue weighted by Gasteiger charge is 2.20. The third kappa shape index (κ3) is 2.33. The van der Waals surface area contributed by atoms with Crippen LogP contribution in [0.15, 0.2) is 12.3 Å². The van der Waals surface area contributed by atoms with E-state index in [0.29, 0.717) is 5.69 Å². The van der Waals surface area contributed by atoms with Gasteiger partial charge >= 0.3 is 0 Å². The first-order valence-corrected chi connectivity index (χ1v) is 4.32. The Hall–Kier alpha value is -0.880. The molecular weight excluding hydrogens is 208 g/mol. The Morgan fingerprint density at radius 1 is 1.50 bits per heavy atom. The van der Waals surface area contributed by atoms with E-state index < -0.39 is 18.8 Å². The zero-order valence-corrected chi connectivity index (χ0v) is 8.02. The maximum Gasteiger partial charge on any atom is 0.135 e. The smallest absolute Gasteiger partial charge is 0.135 e. The van der Waals surface area contributed by atoms with Crippen molar-refractivity contribution < 1.29 is 15.3 Å². The summed E-state index contributed by atoms with van der Waals surface area (Å²) in [5.41, 5.74) is 5.96. The number of rotatable bonds is 3. The first-order chi connectivity index (χ1) is 6.56. The van der Waals surface area contributed by atoms with Crippen molar-refractivity contribution in [1.82, 2.24) is 4.98 Å². The van der Waals surface area contributed by atoms with Gasteiger partial charge in [0, 0.05) is 5.56 Å².